The van der Waals surface area contributed by atoms with Gasteiger partial charge in [0, 0.05) is 11.5 Å². The number of ketones is 1. The number of amides is 1. The van der Waals surface area contributed by atoms with Crippen LogP contribution in [0.1, 0.15) is 48.2 Å². The molecule has 3 rings (SSSR count). The van der Waals surface area contributed by atoms with Crippen LogP contribution in [0.4, 0.5) is 5.13 Å². The number of Topliss-reactive ketones (excluding diaryl/α,β-unsaturated/α-hetero) is 1. The van der Waals surface area contributed by atoms with Crippen LogP contribution < -0.4 is 5.32 Å². The normalized spacial score (nSPS) is 12.4. The van der Waals surface area contributed by atoms with E-state index >= 15 is 0 Å². The number of hydrogen-bond acceptors (Lipinski definition) is 5. The number of carbonyl (C=O) groups is 2. The number of aromatic nitrogens is 2. The summed E-state index contributed by atoms with van der Waals surface area (Å²) in [6.07, 6.45) is 0. The summed E-state index contributed by atoms with van der Waals surface area (Å²) in [6, 6.07) is 17.4. The van der Waals surface area contributed by atoms with Gasteiger partial charge in [-0.2, -0.15) is 0 Å². The van der Waals surface area contributed by atoms with Gasteiger partial charge in [-0.3, -0.25) is 9.59 Å². The molecule has 3 aromatic rings. The summed E-state index contributed by atoms with van der Waals surface area (Å²) in [4.78, 5) is 24.7. The highest BCUT2D eigenvalue weighted by atomic mass is 32.1. The van der Waals surface area contributed by atoms with Crippen LogP contribution in [-0.4, -0.2) is 21.9 Å². The van der Waals surface area contributed by atoms with Gasteiger partial charge in [0.05, 0.1) is 5.41 Å². The van der Waals surface area contributed by atoms with E-state index in [9.17, 15) is 9.59 Å². The summed E-state index contributed by atoms with van der Waals surface area (Å²) in [6.45, 7) is 5.38. The maximum atomic E-state index is 13.1. The minimum atomic E-state index is -0.759. The van der Waals surface area contributed by atoms with Crippen LogP contribution in [0, 0.1) is 5.41 Å². The topological polar surface area (TPSA) is 72.0 Å². The fraction of sp³-hybridized carbons (Fsp3) is 0.238. The Morgan fingerprint density at radius 3 is 2.19 bits per heavy atom. The van der Waals surface area contributed by atoms with Crippen molar-refractivity contribution < 1.29 is 9.59 Å². The quantitative estimate of drug-likeness (QED) is 0.638. The number of nitrogens with zero attached hydrogens (tertiary/aromatic N) is 2. The second-order valence-corrected chi connectivity index (χ2v) is 7.77. The van der Waals surface area contributed by atoms with Gasteiger partial charge in [0.25, 0.3) is 0 Å². The smallest absolute Gasteiger partial charge is 0.232 e. The highest BCUT2D eigenvalue weighted by Gasteiger charge is 2.39. The van der Waals surface area contributed by atoms with Crippen LogP contribution >= 0.6 is 11.3 Å². The third-order valence-corrected chi connectivity index (χ3v) is 5.28. The van der Waals surface area contributed by atoms with Gasteiger partial charge in [-0.25, -0.2) is 0 Å². The minimum absolute atomic E-state index is 0.0195. The van der Waals surface area contributed by atoms with Crippen molar-refractivity contribution in [3.05, 3.63) is 76.8 Å². The van der Waals surface area contributed by atoms with E-state index in [0.717, 1.165) is 11.1 Å². The second-order valence-electron chi connectivity index (χ2n) is 6.94. The van der Waals surface area contributed by atoms with Crippen molar-refractivity contribution in [2.45, 2.75) is 26.7 Å². The molecule has 1 aromatic heterocycles. The first kappa shape index (κ1) is 18.9. The lowest BCUT2D eigenvalue weighted by molar-refractivity contribution is -0.124. The van der Waals surface area contributed by atoms with Gasteiger partial charge >= 0.3 is 0 Å². The van der Waals surface area contributed by atoms with Crippen LogP contribution in [-0.2, 0) is 4.79 Å². The molecule has 0 saturated heterocycles. The van der Waals surface area contributed by atoms with Crippen LogP contribution in [0.5, 0.6) is 0 Å². The van der Waals surface area contributed by atoms with Crippen LogP contribution in [0.2, 0.25) is 0 Å². The molecule has 0 aliphatic rings. The summed E-state index contributed by atoms with van der Waals surface area (Å²) in [5.41, 5.74) is 3.48. The molecule has 0 aliphatic carbocycles. The van der Waals surface area contributed by atoms with Crippen molar-refractivity contribution in [2.75, 3.05) is 5.32 Å². The van der Waals surface area contributed by atoms with E-state index < -0.39 is 5.41 Å². The third kappa shape index (κ3) is 4.11. The molecule has 0 radical (unpaired) electrons. The molecule has 2 aromatic carbocycles. The predicted molar refractivity (Wildman–Crippen MR) is 107 cm³/mol. The molecule has 1 N–H and O–H groups in total. The zero-order chi connectivity index (χ0) is 19.4. The van der Waals surface area contributed by atoms with E-state index in [0.29, 0.717) is 10.7 Å². The monoisotopic (exact) mass is 379 g/mol. The van der Waals surface area contributed by atoms with Crippen LogP contribution in [0.15, 0.2) is 60.1 Å². The molecule has 138 valence electrons. The molecule has 6 heteroatoms. The van der Waals surface area contributed by atoms with Crippen molar-refractivity contribution in [1.29, 1.82) is 0 Å². The molecule has 0 saturated carbocycles. The standard InChI is InChI=1S/C21H21N3O2S/c1-14(25)15-9-11-17(12-10-15)18(16-7-5-4-6-8-16)21(2,3)19(26)23-20-24-22-13-27-20/h4-13,18H,1-3H3,(H,23,24,26). The fourth-order valence-electron chi connectivity index (χ4n) is 3.20. The van der Waals surface area contributed by atoms with Gasteiger partial charge in [-0.15, -0.1) is 10.2 Å². The van der Waals surface area contributed by atoms with Gasteiger partial charge in [0.2, 0.25) is 11.0 Å². The Balaban J connectivity index is 2.01. The van der Waals surface area contributed by atoms with Crippen molar-refractivity contribution in [2.24, 2.45) is 5.41 Å². The van der Waals surface area contributed by atoms with Gasteiger partial charge in [0.15, 0.2) is 5.78 Å². The van der Waals surface area contributed by atoms with E-state index in [-0.39, 0.29) is 17.6 Å². The molecular formula is C21H21N3O2S. The van der Waals surface area contributed by atoms with Gasteiger partial charge < -0.3 is 5.32 Å². The molecular weight excluding hydrogens is 358 g/mol. The van der Waals surface area contributed by atoms with Gasteiger partial charge in [0.1, 0.15) is 5.51 Å². The maximum absolute atomic E-state index is 13.1. The molecule has 1 atom stereocenters. The number of rotatable bonds is 6. The average molecular weight is 379 g/mol. The minimum Gasteiger partial charge on any atom is -0.300 e. The zero-order valence-corrected chi connectivity index (χ0v) is 16.3. The van der Waals surface area contributed by atoms with Crippen molar-refractivity contribution >= 4 is 28.2 Å². The first-order valence-electron chi connectivity index (χ1n) is 8.63. The highest BCUT2D eigenvalue weighted by Crippen LogP contribution is 2.41. The van der Waals surface area contributed by atoms with Crippen LogP contribution in [0.3, 0.4) is 0 Å². The van der Waals surface area contributed by atoms with Crippen molar-refractivity contribution in [3.8, 4) is 0 Å². The first-order valence-corrected chi connectivity index (χ1v) is 9.51. The molecule has 1 amide bonds. The average Bonchev–Trinajstić information content (AvgIpc) is 3.16. The SMILES string of the molecule is CC(=O)c1ccc(C(c2ccccc2)C(C)(C)C(=O)Nc2nncs2)cc1. The van der Waals surface area contributed by atoms with E-state index in [2.05, 4.69) is 15.5 Å². The molecule has 0 spiro atoms. The summed E-state index contributed by atoms with van der Waals surface area (Å²) < 4.78 is 0. The number of nitrogens with one attached hydrogen (secondary N) is 1. The zero-order valence-electron chi connectivity index (χ0n) is 15.5. The first-order chi connectivity index (χ1) is 12.9. The Morgan fingerprint density at radius 1 is 1.00 bits per heavy atom. The third-order valence-electron chi connectivity index (χ3n) is 4.67. The predicted octanol–water partition coefficient (Wildman–Crippen LogP) is 4.54. The molecule has 0 fully saturated rings. The van der Waals surface area contributed by atoms with E-state index in [4.69, 9.17) is 0 Å². The molecule has 0 bridgehead atoms. The molecule has 27 heavy (non-hydrogen) atoms. The summed E-state index contributed by atoms with van der Waals surface area (Å²) in [5, 5.41) is 11.0. The lowest BCUT2D eigenvalue weighted by Gasteiger charge is -2.33. The largest absolute Gasteiger partial charge is 0.300 e. The molecule has 0 aliphatic heterocycles. The van der Waals surface area contributed by atoms with E-state index in [1.54, 1.807) is 12.4 Å². The second kappa shape index (κ2) is 7.80. The van der Waals surface area contributed by atoms with Gasteiger partial charge in [-0.05, 0) is 18.1 Å². The summed E-state index contributed by atoms with van der Waals surface area (Å²) in [7, 11) is 0. The van der Waals surface area contributed by atoms with Crippen molar-refractivity contribution in [3.63, 3.8) is 0 Å². The van der Waals surface area contributed by atoms with Crippen LogP contribution in [0.25, 0.3) is 0 Å². The molecule has 1 unspecified atom stereocenters. The Labute approximate surface area is 162 Å². The number of anilines is 1. The van der Waals surface area contributed by atoms with E-state index in [1.807, 2.05) is 68.4 Å². The summed E-state index contributed by atoms with van der Waals surface area (Å²) in [5.74, 6) is -0.303. The Morgan fingerprint density at radius 2 is 1.63 bits per heavy atom. The molecule has 1 heterocycles. The highest BCUT2D eigenvalue weighted by molar-refractivity contribution is 7.13. The van der Waals surface area contributed by atoms with Crippen molar-refractivity contribution in [1.82, 2.24) is 10.2 Å². The molecule has 5 nitrogen and oxygen atoms in total. The fourth-order valence-corrected chi connectivity index (χ4v) is 3.64. The number of hydrogen-bond donors (Lipinski definition) is 1. The number of benzene rings is 2. The maximum Gasteiger partial charge on any atom is 0.232 e. The van der Waals surface area contributed by atoms with E-state index in [1.165, 1.54) is 11.3 Å². The lowest BCUT2D eigenvalue weighted by Crippen LogP contribution is -2.37. The Hall–Kier alpha value is -2.86. The Bertz CT molecular complexity index is 920. The Kier molecular flexibility index (Phi) is 5.46. The van der Waals surface area contributed by atoms with Gasteiger partial charge in [-0.1, -0.05) is 79.8 Å². The number of carbonyl (C=O) groups excluding carboxylic acids is 2. The lowest BCUT2D eigenvalue weighted by atomic mass is 9.70. The summed E-state index contributed by atoms with van der Waals surface area (Å²) >= 11 is 1.28.